The number of aromatic nitrogens is 3. The molecule has 0 spiro atoms. The lowest BCUT2D eigenvalue weighted by Gasteiger charge is -2.02. The van der Waals surface area contributed by atoms with Crippen LogP contribution in [-0.4, -0.2) is 22.2 Å². The first-order chi connectivity index (χ1) is 9.78. The normalized spacial score (nSPS) is 10.5. The molecule has 0 amide bonds. The van der Waals surface area contributed by atoms with Gasteiger partial charge in [-0.1, -0.05) is 28.9 Å². The summed E-state index contributed by atoms with van der Waals surface area (Å²) in [6.45, 7) is 0. The van der Waals surface area contributed by atoms with E-state index in [9.17, 15) is 0 Å². The molecule has 2 heterocycles. The molecule has 6 heteroatoms. The standard InChI is InChI=1S/C14H10ClN3O2/c1-19-11-5-3-2-4-10(11)13-17-14(20-18-13)9-6-7-16-12(15)8-9/h2-8H,1H3. The van der Waals surface area contributed by atoms with Crippen molar-refractivity contribution in [2.24, 2.45) is 0 Å². The fourth-order valence-electron chi connectivity index (χ4n) is 1.82. The molecule has 0 fully saturated rings. The molecule has 0 saturated heterocycles. The first-order valence-corrected chi connectivity index (χ1v) is 6.25. The van der Waals surface area contributed by atoms with E-state index in [2.05, 4.69) is 15.1 Å². The lowest BCUT2D eigenvalue weighted by atomic mass is 10.2. The van der Waals surface area contributed by atoms with Crippen LogP contribution >= 0.6 is 11.6 Å². The highest BCUT2D eigenvalue weighted by atomic mass is 35.5. The number of halogens is 1. The van der Waals surface area contributed by atoms with E-state index in [1.54, 1.807) is 25.4 Å². The van der Waals surface area contributed by atoms with Crippen molar-refractivity contribution >= 4 is 11.6 Å². The van der Waals surface area contributed by atoms with Crippen molar-refractivity contribution in [3.63, 3.8) is 0 Å². The molecule has 0 aliphatic rings. The van der Waals surface area contributed by atoms with E-state index < -0.39 is 0 Å². The quantitative estimate of drug-likeness (QED) is 0.690. The van der Waals surface area contributed by atoms with Crippen LogP contribution in [0.1, 0.15) is 0 Å². The lowest BCUT2D eigenvalue weighted by molar-refractivity contribution is 0.413. The minimum Gasteiger partial charge on any atom is -0.496 e. The third kappa shape index (κ3) is 2.35. The van der Waals surface area contributed by atoms with Crippen LogP contribution in [0, 0.1) is 0 Å². The van der Waals surface area contributed by atoms with Crippen molar-refractivity contribution in [3.05, 3.63) is 47.7 Å². The summed E-state index contributed by atoms with van der Waals surface area (Å²) in [6.07, 6.45) is 1.59. The maximum Gasteiger partial charge on any atom is 0.258 e. The Balaban J connectivity index is 2.02. The van der Waals surface area contributed by atoms with Gasteiger partial charge in [0, 0.05) is 11.8 Å². The molecular weight excluding hydrogens is 278 g/mol. The monoisotopic (exact) mass is 287 g/mol. The summed E-state index contributed by atoms with van der Waals surface area (Å²) in [7, 11) is 1.60. The average molecular weight is 288 g/mol. The zero-order chi connectivity index (χ0) is 13.9. The van der Waals surface area contributed by atoms with Crippen molar-refractivity contribution in [3.8, 4) is 28.6 Å². The molecule has 0 aliphatic carbocycles. The van der Waals surface area contributed by atoms with E-state index in [0.29, 0.717) is 22.6 Å². The van der Waals surface area contributed by atoms with Crippen molar-refractivity contribution in [2.45, 2.75) is 0 Å². The van der Waals surface area contributed by atoms with Crippen molar-refractivity contribution in [1.29, 1.82) is 0 Å². The number of methoxy groups -OCH3 is 1. The van der Waals surface area contributed by atoms with Crippen LogP contribution in [0.5, 0.6) is 5.75 Å². The molecule has 20 heavy (non-hydrogen) atoms. The molecule has 0 saturated carbocycles. The van der Waals surface area contributed by atoms with E-state index in [1.165, 1.54) is 0 Å². The van der Waals surface area contributed by atoms with Gasteiger partial charge in [-0.2, -0.15) is 4.98 Å². The summed E-state index contributed by atoms with van der Waals surface area (Å²) in [5.74, 6) is 1.54. The Labute approximate surface area is 120 Å². The van der Waals surface area contributed by atoms with Crippen molar-refractivity contribution < 1.29 is 9.26 Å². The van der Waals surface area contributed by atoms with E-state index in [0.717, 1.165) is 11.1 Å². The van der Waals surface area contributed by atoms with Gasteiger partial charge in [0.05, 0.1) is 12.7 Å². The van der Waals surface area contributed by atoms with Gasteiger partial charge in [0.1, 0.15) is 10.9 Å². The number of benzene rings is 1. The second-order valence-electron chi connectivity index (χ2n) is 3.99. The number of hydrogen-bond donors (Lipinski definition) is 0. The number of hydrogen-bond acceptors (Lipinski definition) is 5. The molecule has 3 aromatic rings. The molecule has 2 aromatic heterocycles. The zero-order valence-corrected chi connectivity index (χ0v) is 11.3. The van der Waals surface area contributed by atoms with Crippen LogP contribution in [0.15, 0.2) is 47.1 Å². The Morgan fingerprint density at radius 2 is 2.05 bits per heavy atom. The zero-order valence-electron chi connectivity index (χ0n) is 10.6. The molecule has 0 unspecified atom stereocenters. The first kappa shape index (κ1) is 12.6. The molecule has 0 aliphatic heterocycles. The minimum atomic E-state index is 0.375. The molecule has 3 rings (SSSR count). The van der Waals surface area contributed by atoms with E-state index in [4.69, 9.17) is 20.9 Å². The maximum atomic E-state index is 5.85. The SMILES string of the molecule is COc1ccccc1-c1noc(-c2ccnc(Cl)c2)n1. The molecular formula is C14H10ClN3O2. The van der Waals surface area contributed by atoms with Crippen LogP contribution in [0.2, 0.25) is 5.15 Å². The summed E-state index contributed by atoms with van der Waals surface area (Å²) < 4.78 is 10.5. The van der Waals surface area contributed by atoms with E-state index in [-0.39, 0.29) is 0 Å². The number of rotatable bonds is 3. The van der Waals surface area contributed by atoms with Crippen LogP contribution < -0.4 is 4.74 Å². The molecule has 0 N–H and O–H groups in total. The Kier molecular flexibility index (Phi) is 3.35. The smallest absolute Gasteiger partial charge is 0.258 e. The predicted octanol–water partition coefficient (Wildman–Crippen LogP) is 3.46. The fourth-order valence-corrected chi connectivity index (χ4v) is 1.99. The van der Waals surface area contributed by atoms with Gasteiger partial charge >= 0.3 is 0 Å². The van der Waals surface area contributed by atoms with Gasteiger partial charge in [-0.25, -0.2) is 4.98 Å². The topological polar surface area (TPSA) is 61.0 Å². The van der Waals surface area contributed by atoms with Gasteiger partial charge in [-0.15, -0.1) is 0 Å². The highest BCUT2D eigenvalue weighted by molar-refractivity contribution is 6.29. The van der Waals surface area contributed by atoms with Crippen LogP contribution in [0.25, 0.3) is 22.8 Å². The summed E-state index contributed by atoms with van der Waals surface area (Å²) >= 11 is 5.85. The predicted molar refractivity (Wildman–Crippen MR) is 74.5 cm³/mol. The van der Waals surface area contributed by atoms with Crippen LogP contribution in [0.3, 0.4) is 0 Å². The maximum absolute atomic E-state index is 5.85. The van der Waals surface area contributed by atoms with Gasteiger partial charge < -0.3 is 9.26 Å². The third-order valence-electron chi connectivity index (χ3n) is 2.75. The largest absolute Gasteiger partial charge is 0.496 e. The highest BCUT2D eigenvalue weighted by Gasteiger charge is 2.14. The Hall–Kier alpha value is -2.40. The second-order valence-corrected chi connectivity index (χ2v) is 4.38. The molecule has 0 bridgehead atoms. The van der Waals surface area contributed by atoms with Gasteiger partial charge in [0.2, 0.25) is 5.82 Å². The number of nitrogens with zero attached hydrogens (tertiary/aromatic N) is 3. The Bertz CT molecular complexity index is 743. The van der Waals surface area contributed by atoms with E-state index in [1.807, 2.05) is 24.3 Å². The Morgan fingerprint density at radius 3 is 2.85 bits per heavy atom. The van der Waals surface area contributed by atoms with Gasteiger partial charge in [-0.3, -0.25) is 0 Å². The van der Waals surface area contributed by atoms with Crippen molar-refractivity contribution in [2.75, 3.05) is 7.11 Å². The van der Waals surface area contributed by atoms with E-state index >= 15 is 0 Å². The van der Waals surface area contributed by atoms with Crippen LogP contribution in [0.4, 0.5) is 0 Å². The third-order valence-corrected chi connectivity index (χ3v) is 2.95. The molecule has 0 radical (unpaired) electrons. The lowest BCUT2D eigenvalue weighted by Crippen LogP contribution is -1.88. The van der Waals surface area contributed by atoms with Crippen molar-refractivity contribution in [1.82, 2.24) is 15.1 Å². The summed E-state index contributed by atoms with van der Waals surface area (Å²) in [5.41, 5.74) is 1.49. The number of para-hydroxylation sites is 1. The summed E-state index contributed by atoms with van der Waals surface area (Å²) in [5, 5.41) is 4.35. The molecule has 0 atom stereocenters. The van der Waals surface area contributed by atoms with Gasteiger partial charge in [0.25, 0.3) is 5.89 Å². The van der Waals surface area contributed by atoms with Crippen LogP contribution in [-0.2, 0) is 0 Å². The van der Waals surface area contributed by atoms with Gasteiger partial charge in [-0.05, 0) is 24.3 Å². The summed E-state index contributed by atoms with van der Waals surface area (Å²) in [4.78, 5) is 8.27. The second kappa shape index (κ2) is 5.30. The highest BCUT2D eigenvalue weighted by Crippen LogP contribution is 2.29. The van der Waals surface area contributed by atoms with Gasteiger partial charge in [0.15, 0.2) is 0 Å². The number of pyridine rings is 1. The molecule has 1 aromatic carbocycles. The number of ether oxygens (including phenoxy) is 1. The summed E-state index contributed by atoms with van der Waals surface area (Å²) in [6, 6.07) is 10.9. The minimum absolute atomic E-state index is 0.375. The fraction of sp³-hybridized carbons (Fsp3) is 0.0714. The molecule has 5 nitrogen and oxygen atoms in total. The Morgan fingerprint density at radius 1 is 1.20 bits per heavy atom. The molecule has 100 valence electrons. The average Bonchev–Trinajstić information content (AvgIpc) is 2.97. The first-order valence-electron chi connectivity index (χ1n) is 5.87.